The predicted octanol–water partition coefficient (Wildman–Crippen LogP) is 3.32. The summed E-state index contributed by atoms with van der Waals surface area (Å²) in [6.45, 7) is 2.02. The normalized spacial score (nSPS) is 22.4. The summed E-state index contributed by atoms with van der Waals surface area (Å²) in [5.74, 6) is 2.55. The lowest BCUT2D eigenvalue weighted by molar-refractivity contribution is 0.388. The minimum absolute atomic E-state index is 0.0548. The van der Waals surface area contributed by atoms with Gasteiger partial charge in [-0.3, -0.25) is 0 Å². The quantitative estimate of drug-likeness (QED) is 0.543. The monoisotopic (exact) mass is 353 g/mol. The van der Waals surface area contributed by atoms with Crippen molar-refractivity contribution < 1.29 is 4.39 Å². The standard InChI is InChI=1S/C22H28FN3/c1-3-16(14-22-21(25)10-9-20(15-24)26-22)7-5-6-8-18-11-17(4-2)12-19(23)13-18/h1,5-7,11-13,15,21-22,26H,4,8-10,14,24-25H2,2H3/b6-5-,16-7+,20-15-. The highest BCUT2D eigenvalue weighted by molar-refractivity contribution is 5.32. The van der Waals surface area contributed by atoms with E-state index in [0.717, 1.165) is 41.7 Å². The maximum Gasteiger partial charge on any atom is 0.123 e. The number of terminal acetylenes is 1. The largest absolute Gasteiger partial charge is 0.403 e. The van der Waals surface area contributed by atoms with Crippen molar-refractivity contribution >= 4 is 0 Å². The van der Waals surface area contributed by atoms with E-state index in [1.54, 1.807) is 18.3 Å². The number of allylic oxidation sites excluding steroid dienone is 4. The average molecular weight is 353 g/mol. The molecular formula is C22H28FN3. The Hall–Kier alpha value is -2.51. The Morgan fingerprint density at radius 3 is 2.85 bits per heavy atom. The van der Waals surface area contributed by atoms with Gasteiger partial charge in [-0.15, -0.1) is 6.42 Å². The van der Waals surface area contributed by atoms with E-state index < -0.39 is 0 Å². The van der Waals surface area contributed by atoms with E-state index in [4.69, 9.17) is 17.9 Å². The molecule has 1 fully saturated rings. The number of hydrogen-bond donors (Lipinski definition) is 3. The predicted molar refractivity (Wildman–Crippen MR) is 107 cm³/mol. The fourth-order valence-corrected chi connectivity index (χ4v) is 3.11. The Balaban J connectivity index is 1.97. The minimum Gasteiger partial charge on any atom is -0.403 e. The molecule has 0 bridgehead atoms. The van der Waals surface area contributed by atoms with Gasteiger partial charge < -0.3 is 16.8 Å². The molecule has 26 heavy (non-hydrogen) atoms. The van der Waals surface area contributed by atoms with E-state index in [9.17, 15) is 4.39 Å². The zero-order valence-corrected chi connectivity index (χ0v) is 15.3. The van der Waals surface area contributed by atoms with Crippen LogP contribution in [0.2, 0.25) is 0 Å². The van der Waals surface area contributed by atoms with E-state index in [-0.39, 0.29) is 17.9 Å². The van der Waals surface area contributed by atoms with Gasteiger partial charge in [0.25, 0.3) is 0 Å². The number of aryl methyl sites for hydroxylation is 1. The van der Waals surface area contributed by atoms with Crippen LogP contribution in [0, 0.1) is 18.2 Å². The maximum absolute atomic E-state index is 13.6. The van der Waals surface area contributed by atoms with Crippen LogP contribution >= 0.6 is 0 Å². The van der Waals surface area contributed by atoms with Crippen LogP contribution in [0.5, 0.6) is 0 Å². The summed E-state index contributed by atoms with van der Waals surface area (Å²) >= 11 is 0. The second-order valence-electron chi connectivity index (χ2n) is 6.64. The molecule has 0 aromatic heterocycles. The van der Waals surface area contributed by atoms with Gasteiger partial charge in [0.15, 0.2) is 0 Å². The van der Waals surface area contributed by atoms with Crippen LogP contribution in [0.15, 0.2) is 53.9 Å². The first-order valence-corrected chi connectivity index (χ1v) is 9.09. The molecule has 1 aliphatic rings. The molecule has 1 aromatic carbocycles. The zero-order chi connectivity index (χ0) is 18.9. The molecule has 1 heterocycles. The first kappa shape index (κ1) is 19.8. The van der Waals surface area contributed by atoms with Crippen molar-refractivity contribution in [2.45, 2.75) is 51.1 Å². The molecule has 2 unspecified atom stereocenters. The van der Waals surface area contributed by atoms with Gasteiger partial charge in [0, 0.05) is 36.0 Å². The highest BCUT2D eigenvalue weighted by atomic mass is 19.1. The van der Waals surface area contributed by atoms with Gasteiger partial charge in [-0.1, -0.05) is 37.1 Å². The first-order chi connectivity index (χ1) is 12.5. The Morgan fingerprint density at radius 2 is 2.15 bits per heavy atom. The third-order valence-corrected chi connectivity index (χ3v) is 4.67. The SMILES string of the molecule is C#C/C(=C\C=C/Cc1cc(F)cc(CC)c1)CC1N/C(=C\N)CCC1N. The molecule has 4 heteroatoms. The summed E-state index contributed by atoms with van der Waals surface area (Å²) in [5.41, 5.74) is 15.7. The summed E-state index contributed by atoms with van der Waals surface area (Å²) in [6, 6.07) is 5.32. The molecular weight excluding hydrogens is 325 g/mol. The van der Waals surface area contributed by atoms with Crippen molar-refractivity contribution in [3.63, 3.8) is 0 Å². The second kappa shape index (κ2) is 9.84. The van der Waals surface area contributed by atoms with Crippen LogP contribution in [0.4, 0.5) is 4.39 Å². The van der Waals surface area contributed by atoms with Crippen LogP contribution in [-0.2, 0) is 12.8 Å². The lowest BCUT2D eigenvalue weighted by Crippen LogP contribution is -2.48. The van der Waals surface area contributed by atoms with Crippen molar-refractivity contribution in [3.8, 4) is 12.3 Å². The molecule has 2 atom stereocenters. The number of rotatable bonds is 6. The number of nitrogens with two attached hydrogens (primary N) is 2. The summed E-state index contributed by atoms with van der Waals surface area (Å²) in [4.78, 5) is 0. The maximum atomic E-state index is 13.6. The van der Waals surface area contributed by atoms with Gasteiger partial charge in [-0.05, 0) is 48.9 Å². The lowest BCUT2D eigenvalue weighted by Gasteiger charge is -2.32. The topological polar surface area (TPSA) is 64.1 Å². The Labute approximate surface area is 156 Å². The van der Waals surface area contributed by atoms with E-state index >= 15 is 0 Å². The Bertz CT molecular complexity index is 740. The summed E-state index contributed by atoms with van der Waals surface area (Å²) < 4.78 is 13.6. The molecule has 0 saturated carbocycles. The fraction of sp³-hybridized carbons (Fsp3) is 0.364. The van der Waals surface area contributed by atoms with Gasteiger partial charge >= 0.3 is 0 Å². The van der Waals surface area contributed by atoms with Gasteiger partial charge in [-0.25, -0.2) is 4.39 Å². The Morgan fingerprint density at radius 1 is 1.38 bits per heavy atom. The van der Waals surface area contributed by atoms with Crippen molar-refractivity contribution in [1.82, 2.24) is 5.32 Å². The summed E-state index contributed by atoms with van der Waals surface area (Å²) in [5, 5.41) is 3.36. The van der Waals surface area contributed by atoms with Crippen LogP contribution in [0.1, 0.15) is 37.3 Å². The molecule has 5 N–H and O–H groups in total. The zero-order valence-electron chi connectivity index (χ0n) is 15.3. The van der Waals surface area contributed by atoms with Crippen molar-refractivity contribution in [1.29, 1.82) is 0 Å². The Kier molecular flexibility index (Phi) is 7.50. The third kappa shape index (κ3) is 5.79. The van der Waals surface area contributed by atoms with Gasteiger partial charge in [0.05, 0.1) is 0 Å². The van der Waals surface area contributed by atoms with Gasteiger partial charge in [0.1, 0.15) is 5.82 Å². The number of hydrogen-bond acceptors (Lipinski definition) is 3. The highest BCUT2D eigenvalue weighted by Gasteiger charge is 2.24. The van der Waals surface area contributed by atoms with Gasteiger partial charge in [-0.2, -0.15) is 0 Å². The number of benzene rings is 1. The molecule has 1 aliphatic heterocycles. The van der Waals surface area contributed by atoms with E-state index in [0.29, 0.717) is 12.8 Å². The summed E-state index contributed by atoms with van der Waals surface area (Å²) in [7, 11) is 0. The first-order valence-electron chi connectivity index (χ1n) is 9.09. The molecule has 1 aromatic rings. The average Bonchev–Trinajstić information content (AvgIpc) is 2.65. The van der Waals surface area contributed by atoms with Crippen LogP contribution in [-0.4, -0.2) is 12.1 Å². The number of piperidine rings is 1. The molecule has 0 spiro atoms. The van der Waals surface area contributed by atoms with Crippen LogP contribution in [0.25, 0.3) is 0 Å². The molecule has 1 saturated heterocycles. The van der Waals surface area contributed by atoms with Crippen LogP contribution < -0.4 is 16.8 Å². The minimum atomic E-state index is -0.186. The molecule has 0 aliphatic carbocycles. The molecule has 3 nitrogen and oxygen atoms in total. The van der Waals surface area contributed by atoms with Crippen molar-refractivity contribution in [2.24, 2.45) is 11.5 Å². The molecule has 0 radical (unpaired) electrons. The van der Waals surface area contributed by atoms with Crippen LogP contribution in [0.3, 0.4) is 0 Å². The molecule has 138 valence electrons. The van der Waals surface area contributed by atoms with E-state index in [2.05, 4.69) is 11.2 Å². The van der Waals surface area contributed by atoms with E-state index in [1.807, 2.05) is 31.2 Å². The number of halogens is 1. The van der Waals surface area contributed by atoms with E-state index in [1.165, 1.54) is 0 Å². The van der Waals surface area contributed by atoms with Crippen molar-refractivity contribution in [3.05, 3.63) is 70.8 Å². The summed E-state index contributed by atoms with van der Waals surface area (Å²) in [6.07, 6.45) is 17.0. The van der Waals surface area contributed by atoms with Gasteiger partial charge in [0.2, 0.25) is 0 Å². The number of nitrogens with one attached hydrogen (secondary N) is 1. The highest BCUT2D eigenvalue weighted by Crippen LogP contribution is 2.19. The fourth-order valence-electron chi connectivity index (χ4n) is 3.11. The lowest BCUT2D eigenvalue weighted by atomic mass is 9.92. The van der Waals surface area contributed by atoms with Crippen molar-refractivity contribution in [2.75, 3.05) is 0 Å². The third-order valence-electron chi connectivity index (χ3n) is 4.67. The second-order valence-corrected chi connectivity index (χ2v) is 6.64. The smallest absolute Gasteiger partial charge is 0.123 e. The molecule has 2 rings (SSSR count). The molecule has 0 amide bonds.